The molecule has 0 saturated carbocycles. The van der Waals surface area contributed by atoms with Crippen LogP contribution in [0.2, 0.25) is 0 Å². The van der Waals surface area contributed by atoms with Gasteiger partial charge in [0.15, 0.2) is 0 Å². The van der Waals surface area contributed by atoms with Gasteiger partial charge >= 0.3 is 0 Å². The molecule has 0 atom stereocenters. The maximum absolute atomic E-state index is 13.0. The first kappa shape index (κ1) is 21.9. The van der Waals surface area contributed by atoms with Crippen LogP contribution in [0, 0.1) is 0 Å². The summed E-state index contributed by atoms with van der Waals surface area (Å²) in [7, 11) is 1.59. The van der Waals surface area contributed by atoms with Crippen LogP contribution in [0.4, 0.5) is 5.69 Å². The van der Waals surface area contributed by atoms with Crippen molar-refractivity contribution < 1.29 is 19.5 Å². The molecule has 0 spiro atoms. The Hall–Kier alpha value is -2.38. The quantitative estimate of drug-likeness (QED) is 0.319. The molecule has 28 heavy (non-hydrogen) atoms. The molecule has 0 aromatic heterocycles. The number of ether oxygens (including phenoxy) is 1. The fraction of sp³-hybridized carbons (Fsp3) is 0.333. The zero-order valence-electron chi connectivity index (χ0n) is 15.9. The van der Waals surface area contributed by atoms with Crippen molar-refractivity contribution in [1.82, 2.24) is 5.48 Å². The number of nitrogens with one attached hydrogen (secondary N) is 1. The third-order valence-electron chi connectivity index (χ3n) is 4.33. The first-order valence-corrected chi connectivity index (χ1v) is 9.95. The summed E-state index contributed by atoms with van der Waals surface area (Å²) in [5.41, 5.74) is 3.36. The molecule has 7 heteroatoms. The lowest BCUT2D eigenvalue weighted by Gasteiger charge is -2.25. The molecule has 0 aliphatic carbocycles. The lowest BCUT2D eigenvalue weighted by Crippen LogP contribution is -2.30. The highest BCUT2D eigenvalue weighted by molar-refractivity contribution is 9.10. The van der Waals surface area contributed by atoms with E-state index in [1.807, 2.05) is 48.5 Å². The molecular formula is C21H25BrN2O4. The molecule has 2 aromatic carbocycles. The summed E-state index contributed by atoms with van der Waals surface area (Å²) >= 11 is 3.47. The topological polar surface area (TPSA) is 78.9 Å². The van der Waals surface area contributed by atoms with Gasteiger partial charge in [0.2, 0.25) is 11.8 Å². The van der Waals surface area contributed by atoms with Gasteiger partial charge in [0.05, 0.1) is 19.3 Å². The number of hydroxylamine groups is 1. The second-order valence-corrected chi connectivity index (χ2v) is 7.29. The predicted octanol–water partition coefficient (Wildman–Crippen LogP) is 4.45. The molecule has 2 aromatic rings. The van der Waals surface area contributed by atoms with Gasteiger partial charge in [-0.3, -0.25) is 14.8 Å². The molecule has 0 heterocycles. The second-order valence-electron chi connectivity index (χ2n) is 6.38. The number of unbranched alkanes of at least 4 members (excludes halogenated alkanes) is 2. The smallest absolute Gasteiger partial charge is 0.243 e. The van der Waals surface area contributed by atoms with Crippen LogP contribution >= 0.6 is 15.9 Å². The van der Waals surface area contributed by atoms with Crippen LogP contribution in [0.1, 0.15) is 37.7 Å². The minimum atomic E-state index is -0.406. The van der Waals surface area contributed by atoms with E-state index in [1.54, 1.807) is 17.5 Å². The Morgan fingerprint density at radius 2 is 1.82 bits per heavy atom. The number of anilines is 1. The number of carbonyl (C=O) groups is 2. The average molecular weight is 449 g/mol. The Balaban J connectivity index is 2.09. The predicted molar refractivity (Wildman–Crippen MR) is 111 cm³/mol. The zero-order valence-corrected chi connectivity index (χ0v) is 17.4. The lowest BCUT2D eigenvalue weighted by atomic mass is 10.1. The Morgan fingerprint density at radius 3 is 2.54 bits per heavy atom. The summed E-state index contributed by atoms with van der Waals surface area (Å²) in [6.07, 6.45) is 2.64. The van der Waals surface area contributed by atoms with Gasteiger partial charge < -0.3 is 9.64 Å². The van der Waals surface area contributed by atoms with Crippen LogP contribution in [0.3, 0.4) is 0 Å². The van der Waals surface area contributed by atoms with Crippen molar-refractivity contribution in [2.24, 2.45) is 0 Å². The summed E-state index contributed by atoms with van der Waals surface area (Å²) < 4.78 is 6.41. The van der Waals surface area contributed by atoms with Gasteiger partial charge in [-0.25, -0.2) is 5.48 Å². The van der Waals surface area contributed by atoms with Crippen LogP contribution in [-0.4, -0.2) is 24.1 Å². The van der Waals surface area contributed by atoms with Crippen molar-refractivity contribution in [2.45, 2.75) is 38.6 Å². The second kappa shape index (κ2) is 11.5. The SMILES string of the molecule is COc1ccccc1N(Cc1cccc(Br)c1)C(=O)CCCCCC(=O)NO. The molecule has 0 unspecified atom stereocenters. The molecule has 0 radical (unpaired) electrons. The van der Waals surface area contributed by atoms with Gasteiger partial charge in [0.25, 0.3) is 0 Å². The number of nitrogens with zero attached hydrogens (tertiary/aromatic N) is 1. The van der Waals surface area contributed by atoms with Crippen LogP contribution in [0.5, 0.6) is 5.75 Å². The van der Waals surface area contributed by atoms with Crippen molar-refractivity contribution in [3.8, 4) is 5.75 Å². The van der Waals surface area contributed by atoms with Gasteiger partial charge in [-0.1, -0.05) is 46.6 Å². The van der Waals surface area contributed by atoms with E-state index in [2.05, 4.69) is 15.9 Å². The largest absolute Gasteiger partial charge is 0.495 e. The van der Waals surface area contributed by atoms with Crippen LogP contribution in [-0.2, 0) is 16.1 Å². The molecule has 2 N–H and O–H groups in total. The summed E-state index contributed by atoms with van der Waals surface area (Å²) in [6.45, 7) is 0.436. The molecule has 2 amide bonds. The molecule has 150 valence electrons. The number of carbonyl (C=O) groups excluding carboxylic acids is 2. The molecule has 0 saturated heterocycles. The van der Waals surface area contributed by atoms with Gasteiger partial charge in [0.1, 0.15) is 5.75 Å². The van der Waals surface area contributed by atoms with E-state index >= 15 is 0 Å². The van der Waals surface area contributed by atoms with E-state index in [-0.39, 0.29) is 12.3 Å². The first-order valence-electron chi connectivity index (χ1n) is 9.16. The number of halogens is 1. The van der Waals surface area contributed by atoms with Crippen LogP contribution in [0.25, 0.3) is 0 Å². The van der Waals surface area contributed by atoms with Gasteiger partial charge in [-0.05, 0) is 42.7 Å². The molecule has 0 aliphatic rings. The van der Waals surface area contributed by atoms with Crippen LogP contribution < -0.4 is 15.1 Å². The highest BCUT2D eigenvalue weighted by atomic mass is 79.9. The fourth-order valence-corrected chi connectivity index (χ4v) is 3.35. The van der Waals surface area contributed by atoms with E-state index in [4.69, 9.17) is 9.94 Å². The standard InChI is InChI=1S/C21H25BrN2O4/c1-28-19-11-6-5-10-18(19)24(15-16-8-7-9-17(22)14-16)21(26)13-4-2-3-12-20(25)23-27/h5-11,14,27H,2-4,12-13,15H2,1H3,(H,23,25). The summed E-state index contributed by atoms with van der Waals surface area (Å²) in [6, 6.07) is 15.3. The lowest BCUT2D eigenvalue weighted by molar-refractivity contribution is -0.129. The van der Waals surface area contributed by atoms with Gasteiger partial charge in [-0.2, -0.15) is 0 Å². The highest BCUT2D eigenvalue weighted by Gasteiger charge is 2.19. The van der Waals surface area contributed by atoms with E-state index in [0.29, 0.717) is 31.6 Å². The van der Waals surface area contributed by atoms with Crippen molar-refractivity contribution in [2.75, 3.05) is 12.0 Å². The third-order valence-corrected chi connectivity index (χ3v) is 4.82. The molecule has 0 aliphatic heterocycles. The maximum atomic E-state index is 13.0. The fourth-order valence-electron chi connectivity index (χ4n) is 2.91. The number of amides is 2. The van der Waals surface area contributed by atoms with Crippen molar-refractivity contribution in [3.63, 3.8) is 0 Å². The third kappa shape index (κ3) is 6.65. The van der Waals surface area contributed by atoms with Crippen molar-refractivity contribution in [3.05, 3.63) is 58.6 Å². The normalized spacial score (nSPS) is 10.4. The Bertz CT molecular complexity index is 797. The number of hydrogen-bond donors (Lipinski definition) is 2. The average Bonchev–Trinajstić information content (AvgIpc) is 2.71. The van der Waals surface area contributed by atoms with Gasteiger partial charge in [0, 0.05) is 17.3 Å². The van der Waals surface area contributed by atoms with E-state index in [1.165, 1.54) is 0 Å². The van der Waals surface area contributed by atoms with E-state index in [9.17, 15) is 9.59 Å². The van der Waals surface area contributed by atoms with Crippen molar-refractivity contribution in [1.29, 1.82) is 0 Å². The van der Waals surface area contributed by atoms with Crippen molar-refractivity contribution >= 4 is 33.4 Å². The Kier molecular flexibility index (Phi) is 8.97. The minimum absolute atomic E-state index is 0.00362. The van der Waals surface area contributed by atoms with E-state index in [0.717, 1.165) is 22.1 Å². The Labute approximate surface area is 173 Å². The molecule has 0 bridgehead atoms. The highest BCUT2D eigenvalue weighted by Crippen LogP contribution is 2.30. The molecule has 2 rings (SSSR count). The number of benzene rings is 2. The maximum Gasteiger partial charge on any atom is 0.243 e. The molecular weight excluding hydrogens is 424 g/mol. The van der Waals surface area contributed by atoms with Gasteiger partial charge in [-0.15, -0.1) is 0 Å². The molecule has 0 fully saturated rings. The van der Waals surface area contributed by atoms with Crippen LogP contribution in [0.15, 0.2) is 53.0 Å². The first-order chi connectivity index (χ1) is 13.5. The molecule has 6 nitrogen and oxygen atoms in total. The monoisotopic (exact) mass is 448 g/mol. The number of para-hydroxylation sites is 2. The number of hydrogen-bond acceptors (Lipinski definition) is 4. The number of methoxy groups -OCH3 is 1. The zero-order chi connectivity index (χ0) is 20.4. The summed E-state index contributed by atoms with van der Waals surface area (Å²) in [5.74, 6) is 0.234. The van der Waals surface area contributed by atoms with E-state index < -0.39 is 5.91 Å². The Morgan fingerprint density at radius 1 is 1.07 bits per heavy atom. The summed E-state index contributed by atoms with van der Waals surface area (Å²) in [4.78, 5) is 25.8. The minimum Gasteiger partial charge on any atom is -0.495 e. The number of rotatable bonds is 10. The summed E-state index contributed by atoms with van der Waals surface area (Å²) in [5, 5.41) is 8.51.